The second-order valence-corrected chi connectivity index (χ2v) is 3.93. The zero-order valence-corrected chi connectivity index (χ0v) is 8.83. The normalized spacial score (nSPS) is 27.5. The number of nitrogens with zero attached hydrogens (tertiary/aromatic N) is 1. The average molecular weight is 186 g/mol. The molecule has 0 bridgehead atoms. The summed E-state index contributed by atoms with van der Waals surface area (Å²) in [4.78, 5) is 2.47. The van der Waals surface area contributed by atoms with Gasteiger partial charge in [0, 0.05) is 26.2 Å². The van der Waals surface area contributed by atoms with Gasteiger partial charge in [-0.3, -0.25) is 4.90 Å². The van der Waals surface area contributed by atoms with Gasteiger partial charge in [0.05, 0.1) is 6.10 Å². The van der Waals surface area contributed by atoms with Crippen LogP contribution in [0.1, 0.15) is 26.2 Å². The lowest BCUT2D eigenvalue weighted by Crippen LogP contribution is -2.47. The van der Waals surface area contributed by atoms with Gasteiger partial charge in [-0.1, -0.05) is 6.42 Å². The van der Waals surface area contributed by atoms with Crippen LogP contribution in [0.25, 0.3) is 0 Å². The van der Waals surface area contributed by atoms with Crippen molar-refractivity contribution in [1.82, 2.24) is 4.90 Å². The fraction of sp³-hybridized carbons (Fsp3) is 1.00. The highest BCUT2D eigenvalue weighted by Crippen LogP contribution is 2.16. The molecule has 1 aliphatic rings. The molecule has 0 aromatic carbocycles. The van der Waals surface area contributed by atoms with E-state index < -0.39 is 0 Å². The summed E-state index contributed by atoms with van der Waals surface area (Å²) >= 11 is 0. The maximum absolute atomic E-state index is 5.73. The van der Waals surface area contributed by atoms with E-state index in [2.05, 4.69) is 11.8 Å². The number of methoxy groups -OCH3 is 1. The van der Waals surface area contributed by atoms with Gasteiger partial charge < -0.3 is 10.5 Å². The Morgan fingerprint density at radius 3 is 2.92 bits per heavy atom. The summed E-state index contributed by atoms with van der Waals surface area (Å²) in [6, 6.07) is 0.589. The first kappa shape index (κ1) is 11.0. The third kappa shape index (κ3) is 3.25. The number of ether oxygens (including phenoxy) is 1. The predicted molar refractivity (Wildman–Crippen MR) is 54.7 cm³/mol. The van der Waals surface area contributed by atoms with Crippen LogP contribution in [0.2, 0.25) is 0 Å². The topological polar surface area (TPSA) is 38.5 Å². The first-order valence-electron chi connectivity index (χ1n) is 5.24. The van der Waals surface area contributed by atoms with E-state index >= 15 is 0 Å². The molecule has 2 unspecified atom stereocenters. The Hall–Kier alpha value is -0.120. The Bertz CT molecular complexity index is 141. The summed E-state index contributed by atoms with van der Waals surface area (Å²) < 4.78 is 5.26. The smallest absolute Gasteiger partial charge is 0.0670 e. The summed E-state index contributed by atoms with van der Waals surface area (Å²) in [6.07, 6.45) is 4.23. The van der Waals surface area contributed by atoms with Crippen LogP contribution in [-0.4, -0.2) is 43.8 Å². The molecule has 3 nitrogen and oxygen atoms in total. The Balaban J connectivity index is 2.35. The summed E-state index contributed by atoms with van der Waals surface area (Å²) in [5.74, 6) is 0. The Morgan fingerprint density at radius 1 is 1.54 bits per heavy atom. The van der Waals surface area contributed by atoms with Crippen LogP contribution in [-0.2, 0) is 4.74 Å². The lowest BCUT2D eigenvalue weighted by molar-refractivity contribution is 0.0484. The van der Waals surface area contributed by atoms with E-state index in [0.717, 1.165) is 13.1 Å². The zero-order chi connectivity index (χ0) is 9.68. The SMILES string of the molecule is COC(C)CN1CCCCC1CN. The van der Waals surface area contributed by atoms with Crippen molar-refractivity contribution in [1.29, 1.82) is 0 Å². The standard InChI is InChI=1S/C10H22N2O/c1-9(13-2)8-12-6-4-3-5-10(12)7-11/h9-10H,3-8,11H2,1-2H3. The van der Waals surface area contributed by atoms with E-state index in [1.54, 1.807) is 7.11 Å². The van der Waals surface area contributed by atoms with Crippen LogP contribution in [0.15, 0.2) is 0 Å². The van der Waals surface area contributed by atoms with E-state index in [1.165, 1.54) is 25.8 Å². The Kier molecular flexibility index (Phi) is 4.70. The van der Waals surface area contributed by atoms with E-state index in [9.17, 15) is 0 Å². The van der Waals surface area contributed by atoms with Crippen LogP contribution in [0.4, 0.5) is 0 Å². The molecule has 0 amide bonds. The maximum Gasteiger partial charge on any atom is 0.0670 e. The highest BCUT2D eigenvalue weighted by atomic mass is 16.5. The molecule has 0 saturated carbocycles. The molecular formula is C10H22N2O. The van der Waals surface area contributed by atoms with Crippen LogP contribution in [0.5, 0.6) is 0 Å². The van der Waals surface area contributed by atoms with Crippen LogP contribution >= 0.6 is 0 Å². The minimum absolute atomic E-state index is 0.326. The monoisotopic (exact) mass is 186 g/mol. The minimum atomic E-state index is 0.326. The van der Waals surface area contributed by atoms with E-state index in [0.29, 0.717) is 12.1 Å². The summed E-state index contributed by atoms with van der Waals surface area (Å²) in [6.45, 7) is 5.12. The second kappa shape index (κ2) is 5.58. The highest BCUT2D eigenvalue weighted by molar-refractivity contribution is 4.78. The zero-order valence-electron chi connectivity index (χ0n) is 8.83. The van der Waals surface area contributed by atoms with Crippen molar-refractivity contribution in [2.45, 2.75) is 38.3 Å². The molecule has 3 heteroatoms. The molecule has 0 aromatic heterocycles. The summed E-state index contributed by atoms with van der Waals surface area (Å²) in [5.41, 5.74) is 5.73. The van der Waals surface area contributed by atoms with Crippen LogP contribution < -0.4 is 5.73 Å². The molecule has 13 heavy (non-hydrogen) atoms. The van der Waals surface area contributed by atoms with E-state index in [4.69, 9.17) is 10.5 Å². The molecule has 2 atom stereocenters. The van der Waals surface area contributed by atoms with Gasteiger partial charge in [0.2, 0.25) is 0 Å². The van der Waals surface area contributed by atoms with Crippen molar-refractivity contribution in [3.05, 3.63) is 0 Å². The Labute approximate surface area is 81.2 Å². The molecule has 2 N–H and O–H groups in total. The Morgan fingerprint density at radius 2 is 2.31 bits per heavy atom. The molecule has 1 saturated heterocycles. The minimum Gasteiger partial charge on any atom is -0.380 e. The van der Waals surface area contributed by atoms with Gasteiger partial charge in [0.25, 0.3) is 0 Å². The van der Waals surface area contributed by atoms with Crippen molar-refractivity contribution in [2.75, 3.05) is 26.7 Å². The molecule has 1 aliphatic heterocycles. The van der Waals surface area contributed by atoms with Crippen molar-refractivity contribution in [2.24, 2.45) is 5.73 Å². The average Bonchev–Trinajstić information content (AvgIpc) is 2.18. The number of likely N-dealkylation sites (tertiary alicyclic amines) is 1. The van der Waals surface area contributed by atoms with Gasteiger partial charge in [-0.05, 0) is 26.3 Å². The molecule has 1 heterocycles. The molecule has 0 spiro atoms. The fourth-order valence-corrected chi connectivity index (χ4v) is 1.97. The van der Waals surface area contributed by atoms with Gasteiger partial charge in [0.15, 0.2) is 0 Å². The summed E-state index contributed by atoms with van der Waals surface area (Å²) in [5, 5.41) is 0. The largest absolute Gasteiger partial charge is 0.380 e. The molecule has 1 fully saturated rings. The lowest BCUT2D eigenvalue weighted by Gasteiger charge is -2.36. The molecule has 0 radical (unpaired) electrons. The quantitative estimate of drug-likeness (QED) is 0.707. The van der Waals surface area contributed by atoms with Gasteiger partial charge in [-0.2, -0.15) is 0 Å². The molecule has 78 valence electrons. The number of piperidine rings is 1. The number of nitrogens with two attached hydrogens (primary N) is 1. The van der Waals surface area contributed by atoms with Crippen LogP contribution in [0, 0.1) is 0 Å². The number of hydrogen-bond donors (Lipinski definition) is 1. The summed E-state index contributed by atoms with van der Waals surface area (Å²) in [7, 11) is 1.77. The van der Waals surface area contributed by atoms with Gasteiger partial charge in [0.1, 0.15) is 0 Å². The third-order valence-electron chi connectivity index (χ3n) is 2.92. The number of hydrogen-bond acceptors (Lipinski definition) is 3. The van der Waals surface area contributed by atoms with Crippen molar-refractivity contribution < 1.29 is 4.74 Å². The van der Waals surface area contributed by atoms with E-state index in [-0.39, 0.29) is 0 Å². The van der Waals surface area contributed by atoms with Crippen molar-refractivity contribution >= 4 is 0 Å². The molecular weight excluding hydrogens is 164 g/mol. The first-order chi connectivity index (χ1) is 6.27. The third-order valence-corrected chi connectivity index (χ3v) is 2.92. The van der Waals surface area contributed by atoms with Crippen molar-refractivity contribution in [3.8, 4) is 0 Å². The predicted octanol–water partition coefficient (Wildman–Crippen LogP) is 0.835. The van der Waals surface area contributed by atoms with Crippen molar-refractivity contribution in [3.63, 3.8) is 0 Å². The molecule has 0 aliphatic carbocycles. The van der Waals surface area contributed by atoms with E-state index in [1.807, 2.05) is 0 Å². The van der Waals surface area contributed by atoms with Gasteiger partial charge >= 0.3 is 0 Å². The maximum atomic E-state index is 5.73. The second-order valence-electron chi connectivity index (χ2n) is 3.93. The van der Waals surface area contributed by atoms with Crippen LogP contribution in [0.3, 0.4) is 0 Å². The first-order valence-corrected chi connectivity index (χ1v) is 5.24. The van der Waals surface area contributed by atoms with Gasteiger partial charge in [-0.15, -0.1) is 0 Å². The molecule has 1 rings (SSSR count). The fourth-order valence-electron chi connectivity index (χ4n) is 1.97. The highest BCUT2D eigenvalue weighted by Gasteiger charge is 2.21. The lowest BCUT2D eigenvalue weighted by atomic mass is 10.0. The van der Waals surface area contributed by atoms with Gasteiger partial charge in [-0.25, -0.2) is 0 Å². The molecule has 0 aromatic rings. The number of rotatable bonds is 4.